The Kier molecular flexibility index (Phi) is 4.70. The molecule has 4 rings (SSSR count). The predicted molar refractivity (Wildman–Crippen MR) is 99.9 cm³/mol. The number of nitrogens with zero attached hydrogens (tertiary/aromatic N) is 3. The first-order valence-electron chi connectivity index (χ1n) is 8.93. The number of morpholine rings is 1. The van der Waals surface area contributed by atoms with E-state index in [1.807, 2.05) is 12.4 Å². The molecule has 132 valence electrons. The smallest absolute Gasteiger partial charge is 0.0713 e. The molecule has 3 heterocycles. The summed E-state index contributed by atoms with van der Waals surface area (Å²) in [4.78, 5) is 6.86. The largest absolute Gasteiger partial charge is 0.380 e. The second kappa shape index (κ2) is 7.12. The van der Waals surface area contributed by atoms with Crippen LogP contribution in [0.1, 0.15) is 18.5 Å². The lowest BCUT2D eigenvalue weighted by Crippen LogP contribution is -2.39. The fraction of sp³-hybridized carbons (Fsp3) is 0.450. The van der Waals surface area contributed by atoms with Gasteiger partial charge in [-0.25, -0.2) is 0 Å². The van der Waals surface area contributed by atoms with Crippen molar-refractivity contribution < 1.29 is 9.47 Å². The van der Waals surface area contributed by atoms with Crippen LogP contribution in [0.15, 0.2) is 36.7 Å². The third kappa shape index (κ3) is 3.15. The minimum Gasteiger partial charge on any atom is -0.380 e. The van der Waals surface area contributed by atoms with Gasteiger partial charge in [0, 0.05) is 55.3 Å². The van der Waals surface area contributed by atoms with E-state index in [2.05, 4.69) is 45.6 Å². The molecule has 2 aromatic heterocycles. The quantitative estimate of drug-likeness (QED) is 0.715. The van der Waals surface area contributed by atoms with Crippen molar-refractivity contribution in [2.75, 3.05) is 40.0 Å². The first-order chi connectivity index (χ1) is 12.3. The summed E-state index contributed by atoms with van der Waals surface area (Å²) in [5.74, 6) is 0. The van der Waals surface area contributed by atoms with Crippen LogP contribution >= 0.6 is 0 Å². The van der Waals surface area contributed by atoms with Crippen LogP contribution in [0.3, 0.4) is 0 Å². The topological polar surface area (TPSA) is 39.5 Å². The number of aromatic nitrogens is 2. The molecule has 3 aromatic rings. The normalized spacial score (nSPS) is 17.4. The van der Waals surface area contributed by atoms with Gasteiger partial charge in [0.05, 0.1) is 31.5 Å². The van der Waals surface area contributed by atoms with Crippen LogP contribution in [0.4, 0.5) is 0 Å². The van der Waals surface area contributed by atoms with Gasteiger partial charge in [0.1, 0.15) is 0 Å². The van der Waals surface area contributed by atoms with Crippen LogP contribution in [0.25, 0.3) is 21.8 Å². The predicted octanol–water partition coefficient (Wildman–Crippen LogP) is 3.23. The van der Waals surface area contributed by atoms with Crippen molar-refractivity contribution in [2.45, 2.75) is 19.6 Å². The highest BCUT2D eigenvalue weighted by atomic mass is 16.5. The summed E-state index contributed by atoms with van der Waals surface area (Å²) < 4.78 is 13.2. The molecule has 0 saturated carbocycles. The van der Waals surface area contributed by atoms with Gasteiger partial charge in [-0.3, -0.25) is 9.88 Å². The zero-order valence-corrected chi connectivity index (χ0v) is 14.9. The van der Waals surface area contributed by atoms with Crippen LogP contribution in [0.5, 0.6) is 0 Å². The van der Waals surface area contributed by atoms with Crippen LogP contribution in [-0.4, -0.2) is 54.4 Å². The van der Waals surface area contributed by atoms with E-state index in [1.54, 1.807) is 7.11 Å². The van der Waals surface area contributed by atoms with Crippen molar-refractivity contribution in [3.8, 4) is 0 Å². The molecule has 1 atom stereocenters. The summed E-state index contributed by atoms with van der Waals surface area (Å²) in [7, 11) is 1.74. The van der Waals surface area contributed by atoms with E-state index in [1.165, 1.54) is 27.4 Å². The van der Waals surface area contributed by atoms with E-state index >= 15 is 0 Å². The lowest BCUT2D eigenvalue weighted by molar-refractivity contribution is 0.0330. The number of rotatable bonds is 5. The molecule has 1 aliphatic rings. The highest BCUT2D eigenvalue weighted by molar-refractivity contribution is 6.08. The molecule has 5 heteroatoms. The highest BCUT2D eigenvalue weighted by Gasteiger charge is 2.19. The second-order valence-electron chi connectivity index (χ2n) is 6.81. The van der Waals surface area contributed by atoms with E-state index in [0.29, 0.717) is 12.6 Å². The molecule has 1 aromatic carbocycles. The molecule has 25 heavy (non-hydrogen) atoms. The average Bonchev–Trinajstić information content (AvgIpc) is 2.96. The Morgan fingerprint density at radius 1 is 1.16 bits per heavy atom. The summed E-state index contributed by atoms with van der Waals surface area (Å²) in [5.41, 5.74) is 3.66. The average molecular weight is 339 g/mol. The van der Waals surface area contributed by atoms with Crippen molar-refractivity contribution in [2.24, 2.45) is 0 Å². The molecule has 1 fully saturated rings. The number of hydrogen-bond acceptors (Lipinski definition) is 4. The van der Waals surface area contributed by atoms with E-state index in [0.717, 1.165) is 32.8 Å². The monoisotopic (exact) mass is 339 g/mol. The summed E-state index contributed by atoms with van der Waals surface area (Å²) in [6.45, 7) is 7.63. The highest BCUT2D eigenvalue weighted by Crippen LogP contribution is 2.32. The Labute approximate surface area is 148 Å². The molecule has 0 bridgehead atoms. The van der Waals surface area contributed by atoms with Gasteiger partial charge in [-0.05, 0) is 24.6 Å². The molecule has 0 aliphatic carbocycles. The number of pyridine rings is 1. The number of methoxy groups -OCH3 is 1. The van der Waals surface area contributed by atoms with E-state index < -0.39 is 0 Å². The molecule has 0 N–H and O–H groups in total. The van der Waals surface area contributed by atoms with E-state index in [9.17, 15) is 0 Å². The molecular weight excluding hydrogens is 314 g/mol. The first kappa shape index (κ1) is 16.5. The van der Waals surface area contributed by atoms with Gasteiger partial charge in [0.25, 0.3) is 0 Å². The van der Waals surface area contributed by atoms with Crippen molar-refractivity contribution in [1.82, 2.24) is 14.5 Å². The first-order valence-corrected chi connectivity index (χ1v) is 8.93. The standard InChI is InChI=1S/C20H25N3O2/c1-15(13-22-7-9-25-10-8-22)23-19-11-16(14-24-2)3-4-17(19)18-5-6-21-12-20(18)23/h3-6,11-12,15H,7-10,13-14H2,1-2H3. The summed E-state index contributed by atoms with van der Waals surface area (Å²) in [5, 5.41) is 2.55. The minimum absolute atomic E-state index is 0.361. The SMILES string of the molecule is COCc1ccc2c3ccncc3n(C(C)CN3CCOCC3)c2c1. The van der Waals surface area contributed by atoms with Crippen LogP contribution in [0, 0.1) is 0 Å². The van der Waals surface area contributed by atoms with Gasteiger partial charge in [-0.2, -0.15) is 0 Å². The van der Waals surface area contributed by atoms with Gasteiger partial charge < -0.3 is 14.0 Å². The molecule has 5 nitrogen and oxygen atoms in total. The maximum atomic E-state index is 5.48. The molecule has 1 unspecified atom stereocenters. The minimum atomic E-state index is 0.361. The Hall–Kier alpha value is -1.95. The fourth-order valence-electron chi connectivity index (χ4n) is 3.91. The number of ether oxygens (including phenoxy) is 2. The maximum absolute atomic E-state index is 5.48. The van der Waals surface area contributed by atoms with E-state index in [4.69, 9.17) is 9.47 Å². The Morgan fingerprint density at radius 3 is 2.76 bits per heavy atom. The lowest BCUT2D eigenvalue weighted by atomic mass is 10.1. The third-order valence-electron chi connectivity index (χ3n) is 5.05. The Bertz CT molecular complexity index is 868. The maximum Gasteiger partial charge on any atom is 0.0713 e. The molecule has 0 amide bonds. The number of fused-ring (bicyclic) bond motifs is 3. The van der Waals surface area contributed by atoms with Crippen molar-refractivity contribution in [1.29, 1.82) is 0 Å². The van der Waals surface area contributed by atoms with Gasteiger partial charge in [0.15, 0.2) is 0 Å². The zero-order valence-electron chi connectivity index (χ0n) is 14.9. The molecule has 1 saturated heterocycles. The van der Waals surface area contributed by atoms with Crippen molar-refractivity contribution >= 4 is 21.8 Å². The van der Waals surface area contributed by atoms with E-state index in [-0.39, 0.29) is 0 Å². The Balaban J connectivity index is 1.79. The molecule has 1 aliphatic heterocycles. The molecule has 0 radical (unpaired) electrons. The molecule has 0 spiro atoms. The van der Waals surface area contributed by atoms with Gasteiger partial charge in [-0.15, -0.1) is 0 Å². The van der Waals surface area contributed by atoms with Crippen LogP contribution < -0.4 is 0 Å². The van der Waals surface area contributed by atoms with Gasteiger partial charge in [0.2, 0.25) is 0 Å². The van der Waals surface area contributed by atoms with Crippen molar-refractivity contribution in [3.63, 3.8) is 0 Å². The number of hydrogen-bond donors (Lipinski definition) is 0. The zero-order chi connectivity index (χ0) is 17.2. The summed E-state index contributed by atoms with van der Waals surface area (Å²) in [6, 6.07) is 9.10. The molecular formula is C20H25N3O2. The lowest BCUT2D eigenvalue weighted by Gasteiger charge is -2.30. The third-order valence-corrected chi connectivity index (χ3v) is 5.05. The fourth-order valence-corrected chi connectivity index (χ4v) is 3.91. The van der Waals surface area contributed by atoms with Gasteiger partial charge >= 0.3 is 0 Å². The van der Waals surface area contributed by atoms with Crippen LogP contribution in [0.2, 0.25) is 0 Å². The summed E-state index contributed by atoms with van der Waals surface area (Å²) >= 11 is 0. The van der Waals surface area contributed by atoms with Gasteiger partial charge in [-0.1, -0.05) is 12.1 Å². The number of benzene rings is 1. The van der Waals surface area contributed by atoms with Crippen LogP contribution in [-0.2, 0) is 16.1 Å². The Morgan fingerprint density at radius 2 is 1.96 bits per heavy atom. The second-order valence-corrected chi connectivity index (χ2v) is 6.81. The van der Waals surface area contributed by atoms with Crippen molar-refractivity contribution in [3.05, 3.63) is 42.2 Å². The summed E-state index contributed by atoms with van der Waals surface area (Å²) in [6.07, 6.45) is 3.86.